The standard InChI is InChI=1S/C13H22ClNO/c1-13(2,3-4-14)8-15-12(16)11-6-9-5-10(9)7-11/h9-11H,3-8H2,1-2H3,(H,15,16). The molecule has 2 rings (SSSR count). The van der Waals surface area contributed by atoms with Crippen LogP contribution in [0, 0.1) is 23.2 Å². The maximum absolute atomic E-state index is 11.9. The summed E-state index contributed by atoms with van der Waals surface area (Å²) >= 11 is 5.74. The fraction of sp³-hybridized carbons (Fsp3) is 0.923. The molecule has 2 fully saturated rings. The fourth-order valence-electron chi connectivity index (χ4n) is 2.74. The van der Waals surface area contributed by atoms with Crippen molar-refractivity contribution in [2.45, 2.75) is 39.5 Å². The second-order valence-electron chi connectivity index (χ2n) is 6.25. The second kappa shape index (κ2) is 4.56. The van der Waals surface area contributed by atoms with Crippen LogP contribution in [0.25, 0.3) is 0 Å². The minimum absolute atomic E-state index is 0.124. The van der Waals surface area contributed by atoms with Crippen LogP contribution in [0.15, 0.2) is 0 Å². The smallest absolute Gasteiger partial charge is 0.223 e. The molecular weight excluding hydrogens is 222 g/mol. The van der Waals surface area contributed by atoms with Crippen LogP contribution in [-0.4, -0.2) is 18.3 Å². The molecule has 2 aliphatic rings. The van der Waals surface area contributed by atoms with E-state index in [1.807, 2.05) is 0 Å². The largest absolute Gasteiger partial charge is 0.355 e. The van der Waals surface area contributed by atoms with Crippen LogP contribution in [0.5, 0.6) is 0 Å². The number of nitrogens with one attached hydrogen (secondary N) is 1. The van der Waals surface area contributed by atoms with Crippen molar-refractivity contribution >= 4 is 17.5 Å². The maximum Gasteiger partial charge on any atom is 0.223 e. The molecule has 0 aliphatic heterocycles. The summed E-state index contributed by atoms with van der Waals surface area (Å²) in [5, 5.41) is 3.09. The van der Waals surface area contributed by atoms with Gasteiger partial charge in [-0.25, -0.2) is 0 Å². The van der Waals surface area contributed by atoms with Crippen LogP contribution >= 0.6 is 11.6 Å². The molecule has 0 saturated heterocycles. The lowest BCUT2D eigenvalue weighted by Crippen LogP contribution is -2.37. The highest BCUT2D eigenvalue weighted by atomic mass is 35.5. The summed E-state index contributed by atoms with van der Waals surface area (Å²) in [7, 11) is 0. The molecular formula is C13H22ClNO. The molecule has 16 heavy (non-hydrogen) atoms. The number of fused-ring (bicyclic) bond motifs is 1. The molecule has 2 nitrogen and oxygen atoms in total. The number of alkyl halides is 1. The zero-order chi connectivity index (χ0) is 11.8. The van der Waals surface area contributed by atoms with Gasteiger partial charge in [0.15, 0.2) is 0 Å². The quantitative estimate of drug-likeness (QED) is 0.740. The topological polar surface area (TPSA) is 29.1 Å². The summed E-state index contributed by atoms with van der Waals surface area (Å²) in [6, 6.07) is 0. The van der Waals surface area contributed by atoms with Gasteiger partial charge in [-0.15, -0.1) is 11.6 Å². The molecule has 0 radical (unpaired) electrons. The van der Waals surface area contributed by atoms with Gasteiger partial charge in [0.05, 0.1) is 0 Å². The van der Waals surface area contributed by atoms with Gasteiger partial charge >= 0.3 is 0 Å². The Morgan fingerprint density at radius 3 is 2.50 bits per heavy atom. The zero-order valence-electron chi connectivity index (χ0n) is 10.3. The molecule has 0 heterocycles. The Morgan fingerprint density at radius 1 is 1.31 bits per heavy atom. The van der Waals surface area contributed by atoms with E-state index in [1.165, 1.54) is 6.42 Å². The summed E-state index contributed by atoms with van der Waals surface area (Å²) in [6.45, 7) is 5.06. The number of carbonyl (C=O) groups excluding carboxylic acids is 1. The summed E-state index contributed by atoms with van der Waals surface area (Å²) < 4.78 is 0. The Kier molecular flexibility index (Phi) is 3.48. The van der Waals surface area contributed by atoms with E-state index in [1.54, 1.807) is 0 Å². The van der Waals surface area contributed by atoms with Crippen LogP contribution < -0.4 is 5.32 Å². The SMILES string of the molecule is CC(C)(CCCl)CNC(=O)C1CC2CC2C1. The molecule has 2 saturated carbocycles. The molecule has 1 N–H and O–H groups in total. The van der Waals surface area contributed by atoms with Crippen LogP contribution in [0.4, 0.5) is 0 Å². The van der Waals surface area contributed by atoms with Crippen molar-refractivity contribution in [3.05, 3.63) is 0 Å². The number of amides is 1. The molecule has 0 spiro atoms. The third-order valence-electron chi connectivity index (χ3n) is 4.13. The average molecular weight is 244 g/mol. The molecule has 1 amide bonds. The minimum atomic E-state index is 0.124. The lowest BCUT2D eigenvalue weighted by atomic mass is 9.90. The third kappa shape index (κ3) is 2.91. The third-order valence-corrected chi connectivity index (χ3v) is 4.32. The molecule has 0 aromatic heterocycles. The second-order valence-corrected chi connectivity index (χ2v) is 6.62. The first-order valence-electron chi connectivity index (χ1n) is 6.35. The van der Waals surface area contributed by atoms with Gasteiger partial charge in [0.2, 0.25) is 5.91 Å². The number of halogens is 1. The molecule has 0 aromatic carbocycles. The van der Waals surface area contributed by atoms with Crippen molar-refractivity contribution in [3.63, 3.8) is 0 Å². The Bertz CT molecular complexity index is 267. The Hall–Kier alpha value is -0.240. The van der Waals surface area contributed by atoms with Crippen LogP contribution in [-0.2, 0) is 4.79 Å². The average Bonchev–Trinajstić information content (AvgIpc) is 2.82. The number of carbonyl (C=O) groups is 1. The van der Waals surface area contributed by atoms with E-state index < -0.39 is 0 Å². The van der Waals surface area contributed by atoms with E-state index in [4.69, 9.17) is 11.6 Å². The van der Waals surface area contributed by atoms with Crippen LogP contribution in [0.3, 0.4) is 0 Å². The van der Waals surface area contributed by atoms with Crippen LogP contribution in [0.2, 0.25) is 0 Å². The summed E-state index contributed by atoms with van der Waals surface area (Å²) in [5.41, 5.74) is 0.124. The van der Waals surface area contributed by atoms with Gasteiger partial charge in [-0.3, -0.25) is 4.79 Å². The van der Waals surface area contributed by atoms with Crippen molar-refractivity contribution < 1.29 is 4.79 Å². The zero-order valence-corrected chi connectivity index (χ0v) is 11.0. The monoisotopic (exact) mass is 243 g/mol. The van der Waals surface area contributed by atoms with E-state index in [9.17, 15) is 4.79 Å². The Balaban J connectivity index is 1.71. The van der Waals surface area contributed by atoms with E-state index in [-0.39, 0.29) is 11.3 Å². The number of rotatable bonds is 5. The van der Waals surface area contributed by atoms with Gasteiger partial charge in [-0.05, 0) is 42.9 Å². The molecule has 0 bridgehead atoms. The molecule has 2 atom stereocenters. The predicted molar refractivity (Wildman–Crippen MR) is 66.4 cm³/mol. The van der Waals surface area contributed by atoms with Gasteiger partial charge < -0.3 is 5.32 Å². The number of hydrogen-bond donors (Lipinski definition) is 1. The van der Waals surface area contributed by atoms with Gasteiger partial charge in [-0.1, -0.05) is 13.8 Å². The summed E-state index contributed by atoms with van der Waals surface area (Å²) in [6.07, 6.45) is 4.59. The molecule has 92 valence electrons. The lowest BCUT2D eigenvalue weighted by molar-refractivity contribution is -0.125. The highest BCUT2D eigenvalue weighted by Crippen LogP contribution is 2.54. The van der Waals surface area contributed by atoms with Gasteiger partial charge in [0, 0.05) is 18.3 Å². The summed E-state index contributed by atoms with van der Waals surface area (Å²) in [4.78, 5) is 11.9. The normalized spacial score (nSPS) is 32.3. The van der Waals surface area contributed by atoms with Crippen LogP contribution in [0.1, 0.15) is 39.5 Å². The van der Waals surface area contributed by atoms with E-state index in [2.05, 4.69) is 19.2 Å². The first kappa shape index (κ1) is 12.2. The van der Waals surface area contributed by atoms with Crippen molar-refractivity contribution in [1.29, 1.82) is 0 Å². The fourth-order valence-corrected chi connectivity index (χ4v) is 3.26. The first-order chi connectivity index (χ1) is 7.52. The Labute approximate surface area is 103 Å². The number of hydrogen-bond acceptors (Lipinski definition) is 1. The highest BCUT2D eigenvalue weighted by molar-refractivity contribution is 6.17. The molecule has 2 aliphatic carbocycles. The minimum Gasteiger partial charge on any atom is -0.355 e. The van der Waals surface area contributed by atoms with Crippen molar-refractivity contribution in [2.75, 3.05) is 12.4 Å². The van der Waals surface area contributed by atoms with Gasteiger partial charge in [-0.2, -0.15) is 0 Å². The predicted octanol–water partition coefficient (Wildman–Crippen LogP) is 2.80. The first-order valence-corrected chi connectivity index (χ1v) is 6.89. The van der Waals surface area contributed by atoms with E-state index in [0.29, 0.717) is 11.8 Å². The van der Waals surface area contributed by atoms with E-state index >= 15 is 0 Å². The molecule has 0 aromatic rings. The van der Waals surface area contributed by atoms with E-state index in [0.717, 1.165) is 37.6 Å². The summed E-state index contributed by atoms with van der Waals surface area (Å²) in [5.74, 6) is 3.00. The molecule has 3 heteroatoms. The van der Waals surface area contributed by atoms with Gasteiger partial charge in [0.1, 0.15) is 0 Å². The molecule has 2 unspecified atom stereocenters. The van der Waals surface area contributed by atoms with Crippen molar-refractivity contribution in [3.8, 4) is 0 Å². The Morgan fingerprint density at radius 2 is 1.94 bits per heavy atom. The lowest BCUT2D eigenvalue weighted by Gasteiger charge is -2.25. The maximum atomic E-state index is 11.9. The highest BCUT2D eigenvalue weighted by Gasteiger charge is 2.47. The van der Waals surface area contributed by atoms with Crippen molar-refractivity contribution in [2.24, 2.45) is 23.2 Å². The van der Waals surface area contributed by atoms with Gasteiger partial charge in [0.25, 0.3) is 0 Å². The van der Waals surface area contributed by atoms with Crippen molar-refractivity contribution in [1.82, 2.24) is 5.32 Å².